The predicted octanol–water partition coefficient (Wildman–Crippen LogP) is 1.51. The number of rotatable bonds is 4. The summed E-state index contributed by atoms with van der Waals surface area (Å²) in [6.07, 6.45) is 4.89. The third-order valence-corrected chi connectivity index (χ3v) is 2.78. The maximum absolute atomic E-state index is 10.7. The van der Waals surface area contributed by atoms with E-state index in [4.69, 9.17) is 4.74 Å². The Morgan fingerprint density at radius 2 is 2.47 bits per heavy atom. The molecule has 1 atom stereocenters. The zero-order valence-electron chi connectivity index (χ0n) is 9.46. The van der Waals surface area contributed by atoms with Crippen molar-refractivity contribution in [2.75, 3.05) is 13.2 Å². The highest BCUT2D eigenvalue weighted by atomic mass is 16.6. The number of nitrogens with one attached hydrogen (secondary N) is 1. The van der Waals surface area contributed by atoms with Crippen molar-refractivity contribution >= 4 is 5.69 Å². The van der Waals surface area contributed by atoms with Gasteiger partial charge in [0.2, 0.25) is 0 Å². The van der Waals surface area contributed by atoms with Gasteiger partial charge in [0.15, 0.2) is 0 Å². The number of nitrogens with zero attached hydrogens (tertiary/aromatic N) is 2. The normalized spacial score (nSPS) is 19.9. The Morgan fingerprint density at radius 3 is 3.18 bits per heavy atom. The van der Waals surface area contributed by atoms with Gasteiger partial charge in [-0.1, -0.05) is 6.42 Å². The number of nitro groups is 1. The first-order chi connectivity index (χ1) is 8.27. The second kappa shape index (κ2) is 5.58. The molecule has 0 saturated carbocycles. The third-order valence-electron chi connectivity index (χ3n) is 2.78. The van der Waals surface area contributed by atoms with Crippen LogP contribution in [0.3, 0.4) is 0 Å². The summed E-state index contributed by atoms with van der Waals surface area (Å²) in [5, 5.41) is 14.1. The molecule has 17 heavy (non-hydrogen) atoms. The van der Waals surface area contributed by atoms with Crippen LogP contribution < -0.4 is 10.1 Å². The minimum Gasteiger partial charge on any atom is -0.471 e. The standard InChI is InChI=1S/C11H15N3O3/c15-14(16)10-5-3-7-13-11(10)17-8-9-4-1-2-6-12-9/h3,5,7,9,12H,1-2,4,6,8H2/t9-/m1/s1. The van der Waals surface area contributed by atoms with Crippen LogP contribution in [0.2, 0.25) is 0 Å². The van der Waals surface area contributed by atoms with Crippen LogP contribution in [0, 0.1) is 10.1 Å². The summed E-state index contributed by atoms with van der Waals surface area (Å²) in [4.78, 5) is 14.2. The molecule has 0 aromatic carbocycles. The second-order valence-corrected chi connectivity index (χ2v) is 4.04. The highest BCUT2D eigenvalue weighted by Crippen LogP contribution is 2.23. The van der Waals surface area contributed by atoms with Crippen LogP contribution in [0.4, 0.5) is 5.69 Å². The molecular weight excluding hydrogens is 222 g/mol. The van der Waals surface area contributed by atoms with E-state index in [1.165, 1.54) is 31.2 Å². The van der Waals surface area contributed by atoms with E-state index in [0.717, 1.165) is 13.0 Å². The van der Waals surface area contributed by atoms with Gasteiger partial charge in [-0.25, -0.2) is 4.98 Å². The average molecular weight is 237 g/mol. The lowest BCUT2D eigenvalue weighted by Crippen LogP contribution is -2.38. The van der Waals surface area contributed by atoms with Gasteiger partial charge in [-0.05, 0) is 25.5 Å². The number of aromatic nitrogens is 1. The molecule has 6 nitrogen and oxygen atoms in total. The molecule has 0 radical (unpaired) electrons. The lowest BCUT2D eigenvalue weighted by atomic mass is 10.1. The van der Waals surface area contributed by atoms with Gasteiger partial charge in [-0.15, -0.1) is 0 Å². The molecule has 0 unspecified atom stereocenters. The number of hydrogen-bond donors (Lipinski definition) is 1. The van der Waals surface area contributed by atoms with Gasteiger partial charge in [0.1, 0.15) is 6.61 Å². The summed E-state index contributed by atoms with van der Waals surface area (Å²) in [5.74, 6) is 0.102. The first kappa shape index (κ1) is 11.8. The summed E-state index contributed by atoms with van der Waals surface area (Å²) < 4.78 is 5.42. The molecule has 1 N–H and O–H groups in total. The Morgan fingerprint density at radius 1 is 1.59 bits per heavy atom. The van der Waals surface area contributed by atoms with Crippen molar-refractivity contribution in [1.29, 1.82) is 0 Å². The van der Waals surface area contributed by atoms with Crippen molar-refractivity contribution in [2.24, 2.45) is 0 Å². The van der Waals surface area contributed by atoms with E-state index in [1.54, 1.807) is 0 Å². The molecule has 0 spiro atoms. The lowest BCUT2D eigenvalue weighted by molar-refractivity contribution is -0.386. The fourth-order valence-electron chi connectivity index (χ4n) is 1.88. The molecule has 1 aromatic rings. The molecule has 0 aliphatic carbocycles. The van der Waals surface area contributed by atoms with Crippen LogP contribution in [-0.2, 0) is 0 Å². The number of hydrogen-bond acceptors (Lipinski definition) is 5. The summed E-state index contributed by atoms with van der Waals surface area (Å²) in [6, 6.07) is 3.20. The van der Waals surface area contributed by atoms with Crippen LogP contribution in [0.25, 0.3) is 0 Å². The maximum atomic E-state index is 10.7. The monoisotopic (exact) mass is 237 g/mol. The first-order valence-electron chi connectivity index (χ1n) is 5.73. The Kier molecular flexibility index (Phi) is 3.87. The van der Waals surface area contributed by atoms with E-state index in [2.05, 4.69) is 10.3 Å². The maximum Gasteiger partial charge on any atom is 0.330 e. The van der Waals surface area contributed by atoms with E-state index in [0.29, 0.717) is 6.61 Å². The molecule has 1 aliphatic rings. The van der Waals surface area contributed by atoms with Crippen molar-refractivity contribution in [3.63, 3.8) is 0 Å². The zero-order chi connectivity index (χ0) is 12.1. The largest absolute Gasteiger partial charge is 0.471 e. The van der Waals surface area contributed by atoms with Crippen LogP contribution in [0.15, 0.2) is 18.3 Å². The molecule has 0 bridgehead atoms. The van der Waals surface area contributed by atoms with Gasteiger partial charge in [0.25, 0.3) is 5.88 Å². The van der Waals surface area contributed by atoms with Crippen molar-refractivity contribution in [3.8, 4) is 5.88 Å². The van der Waals surface area contributed by atoms with Crippen LogP contribution >= 0.6 is 0 Å². The molecule has 1 fully saturated rings. The fraction of sp³-hybridized carbons (Fsp3) is 0.545. The molecule has 1 saturated heterocycles. The van der Waals surface area contributed by atoms with Crippen molar-refractivity contribution in [3.05, 3.63) is 28.4 Å². The SMILES string of the molecule is O=[N+]([O-])c1cccnc1OC[C@H]1CCCCN1. The smallest absolute Gasteiger partial charge is 0.330 e. The highest BCUT2D eigenvalue weighted by molar-refractivity contribution is 5.39. The van der Waals surface area contributed by atoms with E-state index in [-0.39, 0.29) is 17.6 Å². The Hall–Kier alpha value is -1.69. The third kappa shape index (κ3) is 3.13. The fourth-order valence-corrected chi connectivity index (χ4v) is 1.88. The topological polar surface area (TPSA) is 77.3 Å². The quantitative estimate of drug-likeness (QED) is 0.634. The minimum absolute atomic E-state index is 0.0803. The van der Waals surface area contributed by atoms with Crippen LogP contribution in [0.5, 0.6) is 5.88 Å². The number of piperidine rings is 1. The lowest BCUT2D eigenvalue weighted by Gasteiger charge is -2.22. The van der Waals surface area contributed by atoms with Gasteiger partial charge >= 0.3 is 5.69 Å². The Labute approximate surface area is 99.2 Å². The summed E-state index contributed by atoms with van der Waals surface area (Å²) in [7, 11) is 0. The van der Waals surface area contributed by atoms with Gasteiger partial charge < -0.3 is 10.1 Å². The van der Waals surface area contributed by atoms with Gasteiger partial charge in [-0.2, -0.15) is 0 Å². The molecule has 6 heteroatoms. The van der Waals surface area contributed by atoms with Crippen molar-refractivity contribution < 1.29 is 9.66 Å². The summed E-state index contributed by atoms with van der Waals surface area (Å²) in [5.41, 5.74) is -0.0803. The van der Waals surface area contributed by atoms with Gasteiger partial charge in [-0.3, -0.25) is 10.1 Å². The molecule has 1 aliphatic heterocycles. The predicted molar refractivity (Wildman–Crippen MR) is 62.0 cm³/mol. The molecule has 2 rings (SSSR count). The van der Waals surface area contributed by atoms with Gasteiger partial charge in [0, 0.05) is 18.3 Å². The molecule has 0 amide bonds. The minimum atomic E-state index is -0.476. The van der Waals surface area contributed by atoms with E-state index < -0.39 is 4.92 Å². The average Bonchev–Trinajstić information content (AvgIpc) is 2.38. The number of ether oxygens (including phenoxy) is 1. The molecule has 1 aromatic heterocycles. The van der Waals surface area contributed by atoms with E-state index >= 15 is 0 Å². The molecule has 2 heterocycles. The second-order valence-electron chi connectivity index (χ2n) is 4.04. The van der Waals surface area contributed by atoms with E-state index in [1.807, 2.05) is 0 Å². The first-order valence-corrected chi connectivity index (χ1v) is 5.73. The molecular formula is C11H15N3O3. The number of pyridine rings is 1. The van der Waals surface area contributed by atoms with E-state index in [9.17, 15) is 10.1 Å². The van der Waals surface area contributed by atoms with Crippen LogP contribution in [-0.4, -0.2) is 29.1 Å². The summed E-state index contributed by atoms with van der Waals surface area (Å²) in [6.45, 7) is 1.41. The van der Waals surface area contributed by atoms with Crippen molar-refractivity contribution in [2.45, 2.75) is 25.3 Å². The summed E-state index contributed by atoms with van der Waals surface area (Å²) >= 11 is 0. The molecule has 92 valence electrons. The van der Waals surface area contributed by atoms with Gasteiger partial charge in [0.05, 0.1) is 4.92 Å². The highest BCUT2D eigenvalue weighted by Gasteiger charge is 2.18. The van der Waals surface area contributed by atoms with Crippen LogP contribution in [0.1, 0.15) is 19.3 Å². The Balaban J connectivity index is 1.96. The zero-order valence-corrected chi connectivity index (χ0v) is 9.46. The van der Waals surface area contributed by atoms with Crippen molar-refractivity contribution in [1.82, 2.24) is 10.3 Å². The Bertz CT molecular complexity index is 391.